The molecule has 0 radical (unpaired) electrons. The van der Waals surface area contributed by atoms with E-state index in [-0.39, 0.29) is 23.5 Å². The van der Waals surface area contributed by atoms with Gasteiger partial charge in [-0.25, -0.2) is 4.39 Å². The number of carbonyl (C=O) groups excluding carboxylic acids is 1. The predicted molar refractivity (Wildman–Crippen MR) is 95.3 cm³/mol. The number of benzene rings is 2. The van der Waals surface area contributed by atoms with Crippen molar-refractivity contribution in [3.8, 4) is 0 Å². The number of amides is 1. The number of para-hydroxylation sites is 1. The number of nitrogens with one attached hydrogen (secondary N) is 1. The monoisotopic (exact) mass is 366 g/mol. The van der Waals surface area contributed by atoms with Gasteiger partial charge < -0.3 is 10.2 Å². The SMILES string of the molecule is C[C@H](NCC(=O)N1CCc2ccccc21)c1cc(F)c(Cl)cc1Cl. The second kappa shape index (κ2) is 7.09. The lowest BCUT2D eigenvalue weighted by molar-refractivity contribution is -0.117. The molecule has 1 atom stereocenters. The molecule has 3 rings (SSSR count). The first-order valence-corrected chi connectivity index (χ1v) is 8.49. The zero-order chi connectivity index (χ0) is 17.3. The summed E-state index contributed by atoms with van der Waals surface area (Å²) in [4.78, 5) is 14.3. The molecule has 24 heavy (non-hydrogen) atoms. The molecule has 1 amide bonds. The molecular formula is C18H17Cl2FN2O. The van der Waals surface area contributed by atoms with Crippen molar-refractivity contribution < 1.29 is 9.18 Å². The van der Waals surface area contributed by atoms with Crippen molar-refractivity contribution in [2.75, 3.05) is 18.0 Å². The van der Waals surface area contributed by atoms with Crippen molar-refractivity contribution in [1.82, 2.24) is 5.32 Å². The van der Waals surface area contributed by atoms with Gasteiger partial charge in [0.15, 0.2) is 0 Å². The number of hydrogen-bond acceptors (Lipinski definition) is 2. The number of carbonyl (C=O) groups is 1. The van der Waals surface area contributed by atoms with Crippen molar-refractivity contribution in [3.05, 3.63) is 63.4 Å². The predicted octanol–water partition coefficient (Wildman–Crippen LogP) is 4.37. The third-order valence-electron chi connectivity index (χ3n) is 4.25. The van der Waals surface area contributed by atoms with E-state index in [4.69, 9.17) is 23.2 Å². The molecule has 1 aliphatic rings. The van der Waals surface area contributed by atoms with Crippen molar-refractivity contribution in [2.24, 2.45) is 0 Å². The smallest absolute Gasteiger partial charge is 0.240 e. The highest BCUT2D eigenvalue weighted by Crippen LogP contribution is 2.29. The Kier molecular flexibility index (Phi) is 5.09. The first kappa shape index (κ1) is 17.2. The van der Waals surface area contributed by atoms with Crippen LogP contribution in [0.15, 0.2) is 36.4 Å². The minimum Gasteiger partial charge on any atom is -0.311 e. The van der Waals surface area contributed by atoms with E-state index in [1.807, 2.05) is 31.2 Å². The fraction of sp³-hybridized carbons (Fsp3) is 0.278. The highest BCUT2D eigenvalue weighted by atomic mass is 35.5. The molecule has 0 aliphatic carbocycles. The zero-order valence-corrected chi connectivity index (χ0v) is 14.7. The normalized spacial score (nSPS) is 14.6. The van der Waals surface area contributed by atoms with Gasteiger partial charge >= 0.3 is 0 Å². The van der Waals surface area contributed by atoms with Gasteiger partial charge in [0.05, 0.1) is 11.6 Å². The van der Waals surface area contributed by atoms with Crippen LogP contribution in [0, 0.1) is 5.82 Å². The number of fused-ring (bicyclic) bond motifs is 1. The number of nitrogens with zero attached hydrogens (tertiary/aromatic N) is 1. The molecule has 0 saturated heterocycles. The summed E-state index contributed by atoms with van der Waals surface area (Å²) in [6, 6.07) is 10.3. The van der Waals surface area contributed by atoms with Crippen LogP contribution in [0.4, 0.5) is 10.1 Å². The van der Waals surface area contributed by atoms with Crippen molar-refractivity contribution in [3.63, 3.8) is 0 Å². The van der Waals surface area contributed by atoms with E-state index < -0.39 is 5.82 Å². The van der Waals surface area contributed by atoms with Crippen LogP contribution in [-0.2, 0) is 11.2 Å². The Bertz CT molecular complexity index is 782. The summed E-state index contributed by atoms with van der Waals surface area (Å²) in [5, 5.41) is 3.47. The number of halogens is 3. The first-order valence-electron chi connectivity index (χ1n) is 7.73. The second-order valence-electron chi connectivity index (χ2n) is 5.81. The minimum absolute atomic E-state index is 0.0132. The molecule has 0 unspecified atom stereocenters. The lowest BCUT2D eigenvalue weighted by Crippen LogP contribution is -2.38. The van der Waals surface area contributed by atoms with Crippen molar-refractivity contribution in [1.29, 1.82) is 0 Å². The fourth-order valence-electron chi connectivity index (χ4n) is 2.91. The molecule has 1 heterocycles. The van der Waals surface area contributed by atoms with E-state index in [9.17, 15) is 9.18 Å². The van der Waals surface area contributed by atoms with Crippen molar-refractivity contribution >= 4 is 34.8 Å². The van der Waals surface area contributed by atoms with Crippen molar-refractivity contribution in [2.45, 2.75) is 19.4 Å². The van der Waals surface area contributed by atoms with E-state index in [2.05, 4.69) is 5.32 Å². The third kappa shape index (κ3) is 3.41. The van der Waals surface area contributed by atoms with E-state index in [1.54, 1.807) is 4.90 Å². The van der Waals surface area contributed by atoms with E-state index in [0.717, 1.165) is 12.1 Å². The van der Waals surface area contributed by atoms with Gasteiger partial charge in [-0.3, -0.25) is 4.79 Å². The molecular weight excluding hydrogens is 350 g/mol. The largest absolute Gasteiger partial charge is 0.311 e. The Morgan fingerprint density at radius 1 is 1.29 bits per heavy atom. The molecule has 2 aromatic carbocycles. The summed E-state index contributed by atoms with van der Waals surface area (Å²) in [5.74, 6) is -0.540. The maximum absolute atomic E-state index is 13.6. The molecule has 0 bridgehead atoms. The third-order valence-corrected chi connectivity index (χ3v) is 4.87. The highest BCUT2D eigenvalue weighted by Gasteiger charge is 2.24. The Balaban J connectivity index is 1.66. The summed E-state index contributed by atoms with van der Waals surface area (Å²) in [6.45, 7) is 2.67. The van der Waals surface area contributed by atoms with Gasteiger partial charge in [0, 0.05) is 23.3 Å². The molecule has 2 aromatic rings. The topological polar surface area (TPSA) is 32.3 Å². The molecule has 0 fully saturated rings. The highest BCUT2D eigenvalue weighted by molar-refractivity contribution is 6.35. The summed E-state index contributed by atoms with van der Waals surface area (Å²) in [6.07, 6.45) is 0.867. The van der Waals surface area contributed by atoms with E-state index >= 15 is 0 Å². The Labute approximate surface area is 150 Å². The molecule has 0 spiro atoms. The standard InChI is InChI=1S/C18H17Cl2FN2O/c1-11(13-8-16(21)15(20)9-14(13)19)22-10-18(24)23-7-6-12-4-2-3-5-17(12)23/h2-5,8-9,11,22H,6-7,10H2,1H3/t11-/m0/s1. The van der Waals surface area contributed by atoms with Gasteiger partial charge in [0.1, 0.15) is 5.82 Å². The maximum atomic E-state index is 13.6. The quantitative estimate of drug-likeness (QED) is 0.814. The summed E-state index contributed by atoms with van der Waals surface area (Å²) >= 11 is 11.8. The average Bonchev–Trinajstić information content (AvgIpc) is 3.00. The van der Waals surface area contributed by atoms with Crippen LogP contribution in [0.3, 0.4) is 0 Å². The van der Waals surface area contributed by atoms with Crippen LogP contribution in [0.1, 0.15) is 24.1 Å². The van der Waals surface area contributed by atoms with E-state index in [1.165, 1.54) is 17.7 Å². The number of hydrogen-bond donors (Lipinski definition) is 1. The number of rotatable bonds is 4. The van der Waals surface area contributed by atoms with Gasteiger partial charge in [-0.15, -0.1) is 0 Å². The van der Waals surface area contributed by atoms with Gasteiger partial charge in [-0.05, 0) is 42.7 Å². The Morgan fingerprint density at radius 3 is 2.83 bits per heavy atom. The van der Waals surface area contributed by atoms with Crippen LogP contribution in [0.25, 0.3) is 0 Å². The van der Waals surface area contributed by atoms with E-state index in [0.29, 0.717) is 17.1 Å². The van der Waals surface area contributed by atoms with Crippen LogP contribution < -0.4 is 10.2 Å². The molecule has 0 saturated carbocycles. The Hall–Kier alpha value is -1.62. The van der Waals surface area contributed by atoms with Gasteiger partial charge in [-0.1, -0.05) is 41.4 Å². The minimum atomic E-state index is -0.524. The average molecular weight is 367 g/mol. The molecule has 1 N–H and O–H groups in total. The second-order valence-corrected chi connectivity index (χ2v) is 6.63. The molecule has 3 nitrogen and oxygen atoms in total. The van der Waals surface area contributed by atoms with Crippen LogP contribution in [-0.4, -0.2) is 19.0 Å². The summed E-state index contributed by atoms with van der Waals surface area (Å²) in [7, 11) is 0. The first-order chi connectivity index (χ1) is 11.5. The summed E-state index contributed by atoms with van der Waals surface area (Å²) in [5.41, 5.74) is 2.72. The zero-order valence-electron chi connectivity index (χ0n) is 13.2. The molecule has 0 aromatic heterocycles. The number of anilines is 1. The van der Waals surface area contributed by atoms with Crippen LogP contribution in [0.5, 0.6) is 0 Å². The lowest BCUT2D eigenvalue weighted by atomic mass is 10.1. The van der Waals surface area contributed by atoms with Crippen LogP contribution in [0.2, 0.25) is 10.0 Å². The molecule has 1 aliphatic heterocycles. The fourth-order valence-corrected chi connectivity index (χ4v) is 3.46. The maximum Gasteiger partial charge on any atom is 0.240 e. The lowest BCUT2D eigenvalue weighted by Gasteiger charge is -2.20. The van der Waals surface area contributed by atoms with Gasteiger partial charge in [0.2, 0.25) is 5.91 Å². The van der Waals surface area contributed by atoms with Crippen LogP contribution >= 0.6 is 23.2 Å². The van der Waals surface area contributed by atoms with Gasteiger partial charge in [0.25, 0.3) is 0 Å². The molecule has 6 heteroatoms. The molecule has 126 valence electrons. The summed E-state index contributed by atoms with van der Waals surface area (Å²) < 4.78 is 13.6. The Morgan fingerprint density at radius 2 is 2.04 bits per heavy atom. The van der Waals surface area contributed by atoms with Gasteiger partial charge in [-0.2, -0.15) is 0 Å².